The first-order valence-electron chi connectivity index (χ1n) is 8.63. The second-order valence-electron chi connectivity index (χ2n) is 5.97. The Morgan fingerprint density at radius 2 is 1.71 bits per heavy atom. The van der Waals surface area contributed by atoms with Crippen molar-refractivity contribution in [3.05, 3.63) is 60.7 Å². The Balaban J connectivity index is 1.76. The van der Waals surface area contributed by atoms with Crippen LogP contribution in [0.25, 0.3) is 0 Å². The minimum atomic E-state index is -3.94. The summed E-state index contributed by atoms with van der Waals surface area (Å²) in [6.45, 7) is 2.00. The zero-order valence-corrected chi connectivity index (χ0v) is 16.7. The van der Waals surface area contributed by atoms with Crippen LogP contribution in [-0.4, -0.2) is 42.1 Å². The van der Waals surface area contributed by atoms with E-state index in [1.165, 1.54) is 17.0 Å². The van der Waals surface area contributed by atoms with Crippen LogP contribution >= 0.6 is 11.8 Å². The summed E-state index contributed by atoms with van der Waals surface area (Å²) < 4.78 is 28.9. The number of carbonyl (C=O) groups is 2. The largest absolute Gasteiger partial charge is 0.326 e. The molecule has 0 unspecified atom stereocenters. The van der Waals surface area contributed by atoms with E-state index in [0.29, 0.717) is 5.69 Å². The smallest absolute Gasteiger partial charge is 0.284 e. The summed E-state index contributed by atoms with van der Waals surface area (Å²) in [6, 6.07) is 16.7. The fourth-order valence-corrected chi connectivity index (χ4v) is 5.09. The van der Waals surface area contributed by atoms with Crippen molar-refractivity contribution in [2.45, 2.75) is 23.5 Å². The van der Waals surface area contributed by atoms with E-state index in [0.717, 1.165) is 11.8 Å². The number of hydrogen-bond acceptors (Lipinski definition) is 5. The predicted octanol–water partition coefficient (Wildman–Crippen LogP) is 2.72. The average Bonchev–Trinajstić information content (AvgIpc) is 2.96. The minimum absolute atomic E-state index is 0.0527. The zero-order valence-electron chi connectivity index (χ0n) is 15.1. The molecule has 0 aliphatic carbocycles. The molecule has 1 aliphatic heterocycles. The summed E-state index contributed by atoms with van der Waals surface area (Å²) in [5.74, 6) is -0.641. The molecule has 0 saturated carbocycles. The lowest BCUT2D eigenvalue weighted by atomic mass is 10.2. The number of hydrogen-bond donors (Lipinski definition) is 1. The number of nitrogens with one attached hydrogen (secondary N) is 1. The number of rotatable bonds is 6. The van der Waals surface area contributed by atoms with Gasteiger partial charge in [0.25, 0.3) is 10.0 Å². The molecule has 2 aromatic rings. The van der Waals surface area contributed by atoms with Gasteiger partial charge in [-0.3, -0.25) is 14.5 Å². The molecular weight excluding hydrogens is 398 g/mol. The van der Waals surface area contributed by atoms with Crippen molar-refractivity contribution in [3.8, 4) is 0 Å². The van der Waals surface area contributed by atoms with Crippen molar-refractivity contribution < 1.29 is 18.0 Å². The highest BCUT2D eigenvalue weighted by Gasteiger charge is 2.39. The van der Waals surface area contributed by atoms with E-state index < -0.39 is 15.3 Å². The summed E-state index contributed by atoms with van der Waals surface area (Å²) in [7, 11) is -3.94. The number of thioether (sulfide) groups is 1. The molecular formula is C19H19N3O4S2. The molecule has 146 valence electrons. The first-order chi connectivity index (χ1) is 13.4. The maximum absolute atomic E-state index is 12.6. The Labute approximate surface area is 167 Å². The number of amides is 2. The molecule has 2 aromatic carbocycles. The summed E-state index contributed by atoms with van der Waals surface area (Å²) in [4.78, 5) is 26.2. The molecule has 0 aromatic heterocycles. The lowest BCUT2D eigenvalue weighted by molar-refractivity contribution is -0.128. The van der Waals surface area contributed by atoms with Gasteiger partial charge in [-0.15, -0.1) is 4.40 Å². The van der Waals surface area contributed by atoms with Gasteiger partial charge < -0.3 is 5.32 Å². The van der Waals surface area contributed by atoms with Gasteiger partial charge in [-0.25, -0.2) is 0 Å². The maximum Gasteiger partial charge on any atom is 0.284 e. The fraction of sp³-hybridized carbons (Fsp3) is 0.211. The molecule has 9 heteroatoms. The van der Waals surface area contributed by atoms with E-state index in [2.05, 4.69) is 9.71 Å². The number of benzene rings is 2. The molecule has 1 saturated heterocycles. The van der Waals surface area contributed by atoms with Gasteiger partial charge in [0.15, 0.2) is 5.17 Å². The van der Waals surface area contributed by atoms with Crippen molar-refractivity contribution in [3.63, 3.8) is 0 Å². The molecule has 7 nitrogen and oxygen atoms in total. The number of sulfonamides is 1. The van der Waals surface area contributed by atoms with Gasteiger partial charge in [0, 0.05) is 18.7 Å². The lowest BCUT2D eigenvalue weighted by Crippen LogP contribution is -2.33. The van der Waals surface area contributed by atoms with E-state index in [1.54, 1.807) is 49.4 Å². The van der Waals surface area contributed by atoms with Crippen LogP contribution < -0.4 is 5.32 Å². The monoisotopic (exact) mass is 417 g/mol. The Morgan fingerprint density at radius 1 is 1.11 bits per heavy atom. The number of para-hydroxylation sites is 1. The summed E-state index contributed by atoms with van der Waals surface area (Å²) in [5, 5.41) is 2.11. The second kappa shape index (κ2) is 8.57. The van der Waals surface area contributed by atoms with E-state index in [1.807, 2.05) is 6.07 Å². The Morgan fingerprint density at radius 3 is 2.32 bits per heavy atom. The molecule has 1 N–H and O–H groups in total. The quantitative estimate of drug-likeness (QED) is 0.780. The van der Waals surface area contributed by atoms with Gasteiger partial charge in [0.05, 0.1) is 4.90 Å². The second-order valence-corrected chi connectivity index (χ2v) is 8.74. The van der Waals surface area contributed by atoms with Crippen LogP contribution in [0.1, 0.15) is 13.3 Å². The van der Waals surface area contributed by atoms with Crippen LogP contribution in [0.5, 0.6) is 0 Å². The van der Waals surface area contributed by atoms with Crippen LogP contribution in [0.3, 0.4) is 0 Å². The standard InChI is InChI=1S/C19H19N3O4S2/c1-2-22-18(24)16(13-17(23)20-14-9-5-3-6-10-14)27-19(22)21-28(25,26)15-11-7-4-8-12-15/h3-12,16H,2,13H2,1H3,(H,20,23)/t16-/m0/s1. The van der Waals surface area contributed by atoms with Crippen LogP contribution in [0.4, 0.5) is 5.69 Å². The molecule has 0 bridgehead atoms. The van der Waals surface area contributed by atoms with Crippen molar-refractivity contribution in [1.82, 2.24) is 4.90 Å². The van der Waals surface area contributed by atoms with Gasteiger partial charge in [-0.05, 0) is 31.2 Å². The lowest BCUT2D eigenvalue weighted by Gasteiger charge is -2.13. The first kappa shape index (κ1) is 20.1. The SMILES string of the molecule is CCN1C(=O)[C@H](CC(=O)Nc2ccccc2)SC1=NS(=O)(=O)c1ccccc1. The molecule has 1 heterocycles. The summed E-state index contributed by atoms with van der Waals surface area (Å²) in [6.07, 6.45) is -0.0701. The molecule has 3 rings (SSSR count). The van der Waals surface area contributed by atoms with Gasteiger partial charge in [0.1, 0.15) is 5.25 Å². The highest BCUT2D eigenvalue weighted by molar-refractivity contribution is 8.16. The fourth-order valence-electron chi connectivity index (χ4n) is 2.65. The van der Waals surface area contributed by atoms with E-state index in [4.69, 9.17) is 0 Å². The topological polar surface area (TPSA) is 95.9 Å². The predicted molar refractivity (Wildman–Crippen MR) is 110 cm³/mol. The Bertz CT molecular complexity index is 992. The molecule has 1 fully saturated rings. The zero-order chi connectivity index (χ0) is 20.1. The van der Waals surface area contributed by atoms with Gasteiger partial charge in [-0.2, -0.15) is 8.42 Å². The van der Waals surface area contributed by atoms with Gasteiger partial charge >= 0.3 is 0 Å². The molecule has 1 atom stereocenters. The maximum atomic E-state index is 12.6. The number of anilines is 1. The normalized spacial score (nSPS) is 18.5. The molecule has 1 aliphatic rings. The number of nitrogens with zero attached hydrogens (tertiary/aromatic N) is 2. The van der Waals surface area contributed by atoms with Crippen LogP contribution in [0.2, 0.25) is 0 Å². The van der Waals surface area contributed by atoms with Crippen molar-refractivity contribution in [2.75, 3.05) is 11.9 Å². The molecule has 28 heavy (non-hydrogen) atoms. The summed E-state index contributed by atoms with van der Waals surface area (Å²) in [5.41, 5.74) is 0.635. The first-order valence-corrected chi connectivity index (χ1v) is 11.0. The summed E-state index contributed by atoms with van der Waals surface area (Å²) >= 11 is 0.998. The van der Waals surface area contributed by atoms with Crippen LogP contribution in [0.15, 0.2) is 70.0 Å². The van der Waals surface area contributed by atoms with Crippen molar-refractivity contribution >= 4 is 44.5 Å². The highest BCUT2D eigenvalue weighted by atomic mass is 32.2. The van der Waals surface area contributed by atoms with Crippen LogP contribution in [-0.2, 0) is 19.6 Å². The third-order valence-electron chi connectivity index (χ3n) is 4.00. The Kier molecular flexibility index (Phi) is 6.15. The van der Waals surface area contributed by atoms with Crippen LogP contribution in [0, 0.1) is 0 Å². The minimum Gasteiger partial charge on any atom is -0.326 e. The van der Waals surface area contributed by atoms with E-state index in [9.17, 15) is 18.0 Å². The van der Waals surface area contributed by atoms with Gasteiger partial charge in [-0.1, -0.05) is 48.2 Å². The van der Waals surface area contributed by atoms with Crippen molar-refractivity contribution in [1.29, 1.82) is 0 Å². The average molecular weight is 418 g/mol. The number of amidine groups is 1. The Hall–Kier alpha value is -2.65. The molecule has 0 radical (unpaired) electrons. The third kappa shape index (κ3) is 4.60. The van der Waals surface area contributed by atoms with E-state index >= 15 is 0 Å². The number of carbonyl (C=O) groups excluding carboxylic acids is 2. The van der Waals surface area contributed by atoms with Gasteiger partial charge in [0.2, 0.25) is 11.8 Å². The van der Waals surface area contributed by atoms with E-state index in [-0.39, 0.29) is 34.8 Å². The molecule has 0 spiro atoms. The van der Waals surface area contributed by atoms with Crippen molar-refractivity contribution in [2.24, 2.45) is 4.40 Å². The molecule has 2 amide bonds. The highest BCUT2D eigenvalue weighted by Crippen LogP contribution is 2.31. The third-order valence-corrected chi connectivity index (χ3v) is 6.58.